The molecule has 0 saturated carbocycles. The standard InChI is InChI=1S/NO3.H3N/c2-1(3)4;/h;1H3/q-1;/p+1/i2+2,3+2,4+2;1+1. The summed E-state index contributed by atoms with van der Waals surface area (Å²) in [6, 6.07) is 0. The van der Waals surface area contributed by atoms with Gasteiger partial charge in [-0.25, -0.2) is 0 Å². The van der Waals surface area contributed by atoms with Gasteiger partial charge in [-0.15, -0.1) is 0 Å². The van der Waals surface area contributed by atoms with E-state index in [1.165, 1.54) is 0 Å². The lowest BCUT2D eigenvalue weighted by atomic mass is 13.5. The number of hydrogen-bond donors (Lipinski definition) is 1. The average Bonchev–Trinajstić information content (AvgIpc) is 0.811. The van der Waals surface area contributed by atoms with Crippen molar-refractivity contribution >= 4 is 0 Å². The zero-order valence-electron chi connectivity index (χ0n) is 2.67. The van der Waals surface area contributed by atoms with Gasteiger partial charge in [0.2, 0.25) is 0 Å². The monoisotopic (exact) mass is 87.0 g/mol. The molecule has 5 nitrogen and oxygen atoms in total. The molecule has 5 heavy (non-hydrogen) atoms. The zero-order valence-corrected chi connectivity index (χ0v) is 2.67. The van der Waals surface area contributed by atoms with Crippen LogP contribution < -0.4 is 6.15 Å². The van der Waals surface area contributed by atoms with Crippen molar-refractivity contribution in [2.24, 2.45) is 0 Å². The molecule has 0 aromatic heterocycles. The third-order valence-corrected chi connectivity index (χ3v) is 0. The minimum atomic E-state index is -1.75. The normalized spacial score (nSPS) is 4.80. The highest BCUT2D eigenvalue weighted by atomic mass is 18.6. The van der Waals surface area contributed by atoms with Gasteiger partial charge in [-0.3, -0.25) is 0 Å². The lowest BCUT2D eigenvalue weighted by Gasteiger charge is -1.74. The molecule has 0 aromatic rings. The van der Waals surface area contributed by atoms with Gasteiger partial charge in [-0.2, -0.15) is 0 Å². The molecule has 0 amide bonds. The number of quaternary nitrogens is 1. The molecule has 0 fully saturated rings. The molecule has 0 heterocycles. The van der Waals surface area contributed by atoms with Crippen LogP contribution in [0.15, 0.2) is 0 Å². The van der Waals surface area contributed by atoms with Gasteiger partial charge in [-0.05, 0) is 0 Å². The maximum absolute atomic E-state index is 8.25. The Bertz CT molecular complexity index is 27.9. The van der Waals surface area contributed by atoms with Gasteiger partial charge in [0.25, 0.3) is 0 Å². The highest BCUT2D eigenvalue weighted by molar-refractivity contribution is 4.03. The van der Waals surface area contributed by atoms with Crippen LogP contribution in [0.2, 0.25) is 0 Å². The van der Waals surface area contributed by atoms with Crippen LogP contribution >= 0.6 is 0 Å². The second-order valence-corrected chi connectivity index (χ2v) is 0.224. The Morgan fingerprint density at radius 2 is 1.40 bits per heavy atom. The summed E-state index contributed by atoms with van der Waals surface area (Å²) in [4.78, 5) is 8.25. The molecular formula is H4N2O3. The first kappa shape index (κ1) is 8.90. The molecule has 5 heteroatoms. The van der Waals surface area contributed by atoms with Crippen molar-refractivity contribution < 1.29 is 5.09 Å². The molecule has 0 rings (SSSR count). The maximum Gasteiger partial charge on any atom is 0.0689 e. The number of nitrogens with zero attached hydrogens (tertiary/aromatic N) is 1. The predicted molar refractivity (Wildman–Crippen MR) is 16.3 cm³/mol. The minimum Gasteiger partial charge on any atom is -0.369 e. The lowest BCUT2D eigenvalue weighted by Crippen LogP contribution is -1.74. The van der Waals surface area contributed by atoms with Crippen LogP contribution in [0.5, 0.6) is 0 Å². The van der Waals surface area contributed by atoms with Crippen LogP contribution in [0.4, 0.5) is 0 Å². The van der Waals surface area contributed by atoms with Crippen LogP contribution in [0, 0.1) is 15.3 Å². The van der Waals surface area contributed by atoms with Crippen molar-refractivity contribution in [2.75, 3.05) is 0 Å². The van der Waals surface area contributed by atoms with E-state index < -0.39 is 5.09 Å². The molecule has 0 unspecified atom stereocenters. The van der Waals surface area contributed by atoms with Gasteiger partial charge < -0.3 is 21.5 Å². The summed E-state index contributed by atoms with van der Waals surface area (Å²) in [6.07, 6.45) is 0. The summed E-state index contributed by atoms with van der Waals surface area (Å²) in [6.45, 7) is 0. The molecule has 32 valence electrons. The minimum absolute atomic E-state index is 0. The average molecular weight is 87.0 g/mol. The van der Waals surface area contributed by atoms with E-state index in [1.807, 2.05) is 0 Å². The molecule has 0 bridgehead atoms. The van der Waals surface area contributed by atoms with E-state index in [9.17, 15) is 0 Å². The van der Waals surface area contributed by atoms with Crippen molar-refractivity contribution in [1.82, 2.24) is 6.15 Å². The Hall–Kier alpha value is -0.840. The summed E-state index contributed by atoms with van der Waals surface area (Å²) in [5.41, 5.74) is 0. The topological polar surface area (TPSA) is 103 Å². The molecular weight excluding hydrogens is 83.0 g/mol. The van der Waals surface area contributed by atoms with Gasteiger partial charge in [0.1, 0.15) is 0 Å². The van der Waals surface area contributed by atoms with Gasteiger partial charge in [0, 0.05) is 0 Å². The fourth-order valence-electron chi connectivity index (χ4n) is 0. The first-order chi connectivity index (χ1) is 1.73. The fourth-order valence-corrected chi connectivity index (χ4v) is 0. The first-order valence-corrected chi connectivity index (χ1v) is 0.548. The molecule has 0 aromatic carbocycles. The van der Waals surface area contributed by atoms with Crippen LogP contribution in [0.1, 0.15) is 0 Å². The zero-order chi connectivity index (χ0) is 3.58. The highest BCUT2D eigenvalue weighted by Gasteiger charge is 1.45. The van der Waals surface area contributed by atoms with Crippen LogP contribution in [0.25, 0.3) is 0 Å². The van der Waals surface area contributed by atoms with Gasteiger partial charge >= 0.3 is 0 Å². The van der Waals surface area contributed by atoms with E-state index in [0.717, 1.165) is 0 Å². The van der Waals surface area contributed by atoms with Crippen LogP contribution in [-0.4, -0.2) is 5.09 Å². The van der Waals surface area contributed by atoms with Crippen molar-refractivity contribution in [3.8, 4) is 0 Å². The second kappa shape index (κ2) is 3.16. The molecule has 0 aliphatic carbocycles. The van der Waals surface area contributed by atoms with E-state index >= 15 is 0 Å². The quantitative estimate of drug-likeness (QED) is 0.196. The van der Waals surface area contributed by atoms with Crippen LogP contribution in [-0.2, 0) is 0 Å². The summed E-state index contributed by atoms with van der Waals surface area (Å²) >= 11 is 0. The molecule has 0 spiro atoms. The molecule has 0 aliphatic rings. The first-order valence-electron chi connectivity index (χ1n) is 0.548. The van der Waals surface area contributed by atoms with E-state index in [4.69, 9.17) is 15.3 Å². The molecule has 0 radical (unpaired) electrons. The number of rotatable bonds is 0. The van der Waals surface area contributed by atoms with Gasteiger partial charge in [0.15, 0.2) is 0 Å². The van der Waals surface area contributed by atoms with Crippen molar-refractivity contribution in [1.29, 1.82) is 0 Å². The summed E-state index contributed by atoms with van der Waals surface area (Å²) in [5, 5.41) is 14.8. The van der Waals surface area contributed by atoms with E-state index in [1.54, 1.807) is 0 Å². The molecule has 4 N–H and O–H groups in total. The van der Waals surface area contributed by atoms with Crippen molar-refractivity contribution in [3.63, 3.8) is 0 Å². The molecule has 0 aliphatic heterocycles. The van der Waals surface area contributed by atoms with Crippen molar-refractivity contribution in [2.45, 2.75) is 0 Å². The third kappa shape index (κ3) is 6.03. The van der Waals surface area contributed by atoms with E-state index in [-0.39, 0.29) is 6.15 Å². The van der Waals surface area contributed by atoms with E-state index in [0.29, 0.717) is 0 Å². The Balaban J connectivity index is 0. The summed E-state index contributed by atoms with van der Waals surface area (Å²) in [5.74, 6) is 0. The predicted octanol–water partition coefficient (Wildman–Crippen LogP) is 0.137. The lowest BCUT2D eigenvalue weighted by molar-refractivity contribution is -0.402. The van der Waals surface area contributed by atoms with Gasteiger partial charge in [-0.1, -0.05) is 0 Å². The van der Waals surface area contributed by atoms with Crippen LogP contribution in [0.3, 0.4) is 0 Å². The summed E-state index contributed by atoms with van der Waals surface area (Å²) in [7, 11) is 0. The SMILES string of the molecule is [15NH4+].[18O]=[N+]([18O-])[18O-]. The molecule has 0 saturated heterocycles. The smallest absolute Gasteiger partial charge is 0.0689 e. The maximum atomic E-state index is 8.25. The Morgan fingerprint density at radius 3 is 1.40 bits per heavy atom. The summed E-state index contributed by atoms with van der Waals surface area (Å²) < 4.78 is 0. The Kier molecular flexibility index (Phi) is 5.63. The molecule has 0 atom stereocenters. The third-order valence-electron chi connectivity index (χ3n) is 0. The Labute approximate surface area is 27.9 Å². The van der Waals surface area contributed by atoms with E-state index in [2.05, 4.69) is 0 Å². The van der Waals surface area contributed by atoms with Crippen molar-refractivity contribution in [3.05, 3.63) is 15.3 Å². The highest BCUT2D eigenvalue weighted by Crippen LogP contribution is 1.44. The fraction of sp³-hybridized carbons (Fsp3) is 0. The van der Waals surface area contributed by atoms with Gasteiger partial charge in [0.05, 0.1) is 5.09 Å². The second-order valence-electron chi connectivity index (χ2n) is 0.224. The largest absolute Gasteiger partial charge is 0.369 e. The Morgan fingerprint density at radius 1 is 1.40 bits per heavy atom. The number of hydrogen-bond acceptors (Lipinski definition) is 3.